The van der Waals surface area contributed by atoms with Crippen molar-refractivity contribution in [3.8, 4) is 0 Å². The zero-order valence-electron chi connectivity index (χ0n) is 10.0. The van der Waals surface area contributed by atoms with Crippen molar-refractivity contribution in [2.75, 3.05) is 33.2 Å². The normalized spacial score (nSPS) is 17.1. The van der Waals surface area contributed by atoms with Crippen LogP contribution in [-0.4, -0.2) is 54.3 Å². The first-order valence-electron chi connectivity index (χ1n) is 5.57. The minimum Gasteiger partial charge on any atom is -0.366 e. The summed E-state index contributed by atoms with van der Waals surface area (Å²) in [5.74, 6) is -0.379. The maximum Gasteiger partial charge on any atom is 0.248 e. The Hall–Kier alpha value is -1.43. The van der Waals surface area contributed by atoms with Gasteiger partial charge in [-0.3, -0.25) is 4.79 Å². The van der Waals surface area contributed by atoms with Crippen molar-refractivity contribution in [1.82, 2.24) is 9.96 Å². The first kappa shape index (κ1) is 13.6. The van der Waals surface area contributed by atoms with Gasteiger partial charge in [-0.15, -0.1) is 0 Å². The zero-order valence-corrected chi connectivity index (χ0v) is 10.0. The molecule has 1 aliphatic rings. The number of nitrogens with zero attached hydrogens (tertiary/aromatic N) is 2. The van der Waals surface area contributed by atoms with E-state index in [1.165, 1.54) is 5.06 Å². The van der Waals surface area contributed by atoms with E-state index in [2.05, 4.69) is 11.9 Å². The van der Waals surface area contributed by atoms with Gasteiger partial charge < -0.3 is 15.8 Å². The van der Waals surface area contributed by atoms with Crippen molar-refractivity contribution in [2.45, 2.75) is 0 Å². The van der Waals surface area contributed by atoms with Crippen LogP contribution in [0.15, 0.2) is 30.3 Å². The van der Waals surface area contributed by atoms with Gasteiger partial charge in [0.15, 0.2) is 0 Å². The summed E-state index contributed by atoms with van der Waals surface area (Å²) < 4.78 is 0. The van der Waals surface area contributed by atoms with Gasteiger partial charge in [-0.2, -0.15) is 5.06 Å². The Bertz CT molecular complexity index is 325. The quantitative estimate of drug-likeness (QED) is 0.742. The third kappa shape index (κ3) is 5.44. The second kappa shape index (κ2) is 7.01. The fraction of sp³-hybridized carbons (Fsp3) is 0.417. The number of hydroxylamine groups is 2. The van der Waals surface area contributed by atoms with E-state index in [1.807, 2.05) is 6.07 Å². The highest BCUT2D eigenvalue weighted by Gasteiger charge is 2.09. The highest BCUT2D eigenvalue weighted by Crippen LogP contribution is 1.95. The molecule has 1 amide bonds. The number of carbonyl (C=O) groups is 1. The second-order valence-electron chi connectivity index (χ2n) is 3.99. The number of benzene rings is 1. The molecule has 0 unspecified atom stereocenters. The molecule has 2 rings (SSSR count). The maximum absolute atomic E-state index is 10.4. The summed E-state index contributed by atoms with van der Waals surface area (Å²) in [6.07, 6.45) is 0. The lowest BCUT2D eigenvalue weighted by molar-refractivity contribution is -0.114. The number of amides is 1. The van der Waals surface area contributed by atoms with Gasteiger partial charge in [0.1, 0.15) is 0 Å². The SMILES string of the molecule is CN1CCN(O)CC1.NC(=O)c1ccccc1. The third-order valence-corrected chi connectivity index (χ3v) is 2.54. The Labute approximate surface area is 101 Å². The largest absolute Gasteiger partial charge is 0.366 e. The summed E-state index contributed by atoms with van der Waals surface area (Å²) in [5.41, 5.74) is 5.53. The summed E-state index contributed by atoms with van der Waals surface area (Å²) >= 11 is 0. The van der Waals surface area contributed by atoms with Crippen molar-refractivity contribution in [2.24, 2.45) is 5.73 Å². The van der Waals surface area contributed by atoms with Crippen LogP contribution >= 0.6 is 0 Å². The van der Waals surface area contributed by atoms with Gasteiger partial charge in [0, 0.05) is 31.7 Å². The standard InChI is InChI=1S/C7H7NO.C5H12N2O/c8-7(9)6-4-2-1-3-5-6;1-6-2-4-7(8)5-3-6/h1-5H,(H2,8,9);8H,2-5H2,1H3. The lowest BCUT2D eigenvalue weighted by Crippen LogP contribution is -2.42. The summed E-state index contributed by atoms with van der Waals surface area (Å²) in [7, 11) is 2.06. The molecule has 0 atom stereocenters. The molecule has 1 aromatic rings. The Morgan fingerprint density at radius 2 is 1.71 bits per heavy atom. The Kier molecular flexibility index (Phi) is 5.62. The molecule has 1 aliphatic heterocycles. The molecule has 1 fully saturated rings. The van der Waals surface area contributed by atoms with E-state index < -0.39 is 0 Å². The van der Waals surface area contributed by atoms with Gasteiger partial charge in [-0.1, -0.05) is 18.2 Å². The Morgan fingerprint density at radius 3 is 2.06 bits per heavy atom. The molecule has 1 aromatic carbocycles. The van der Waals surface area contributed by atoms with Crippen LogP contribution in [0.2, 0.25) is 0 Å². The zero-order chi connectivity index (χ0) is 12.7. The van der Waals surface area contributed by atoms with E-state index in [1.54, 1.807) is 24.3 Å². The van der Waals surface area contributed by atoms with E-state index in [0.717, 1.165) is 26.2 Å². The van der Waals surface area contributed by atoms with Crippen LogP contribution < -0.4 is 5.73 Å². The summed E-state index contributed by atoms with van der Waals surface area (Å²) in [6, 6.07) is 8.76. The monoisotopic (exact) mass is 237 g/mol. The molecule has 0 spiro atoms. The van der Waals surface area contributed by atoms with E-state index in [4.69, 9.17) is 10.9 Å². The molecule has 0 radical (unpaired) electrons. The van der Waals surface area contributed by atoms with Crippen molar-refractivity contribution < 1.29 is 10.0 Å². The molecule has 3 N–H and O–H groups in total. The van der Waals surface area contributed by atoms with Gasteiger partial charge in [0.2, 0.25) is 5.91 Å². The topological polar surface area (TPSA) is 69.8 Å². The van der Waals surface area contributed by atoms with Crippen LogP contribution in [0.3, 0.4) is 0 Å². The second-order valence-corrected chi connectivity index (χ2v) is 3.99. The van der Waals surface area contributed by atoms with Gasteiger partial charge >= 0.3 is 0 Å². The average Bonchev–Trinajstić information content (AvgIpc) is 2.35. The predicted octanol–water partition coefficient (Wildman–Crippen LogP) is 0.409. The number of piperazine rings is 1. The summed E-state index contributed by atoms with van der Waals surface area (Å²) in [6.45, 7) is 3.54. The Balaban J connectivity index is 0.000000171. The van der Waals surface area contributed by atoms with Gasteiger partial charge in [-0.05, 0) is 19.2 Å². The maximum atomic E-state index is 10.4. The molecule has 1 saturated heterocycles. The first-order chi connectivity index (χ1) is 8.09. The van der Waals surface area contributed by atoms with Crippen LogP contribution in [0, 0.1) is 0 Å². The smallest absolute Gasteiger partial charge is 0.248 e. The number of hydrogen-bond acceptors (Lipinski definition) is 4. The molecule has 5 heteroatoms. The van der Waals surface area contributed by atoms with E-state index >= 15 is 0 Å². The first-order valence-corrected chi connectivity index (χ1v) is 5.57. The molecule has 0 aromatic heterocycles. The highest BCUT2D eigenvalue weighted by molar-refractivity contribution is 5.92. The Morgan fingerprint density at radius 1 is 1.18 bits per heavy atom. The molecular weight excluding hydrogens is 218 g/mol. The van der Waals surface area contributed by atoms with Gasteiger partial charge in [-0.25, -0.2) is 0 Å². The summed E-state index contributed by atoms with van der Waals surface area (Å²) in [4.78, 5) is 12.6. The molecule has 0 aliphatic carbocycles. The molecule has 5 nitrogen and oxygen atoms in total. The minimum atomic E-state index is -0.379. The van der Waals surface area contributed by atoms with E-state index in [0.29, 0.717) is 5.56 Å². The lowest BCUT2D eigenvalue weighted by Gasteiger charge is -2.27. The number of nitrogens with two attached hydrogens (primary N) is 1. The fourth-order valence-corrected chi connectivity index (χ4v) is 1.40. The molecule has 1 heterocycles. The van der Waals surface area contributed by atoms with E-state index in [-0.39, 0.29) is 5.91 Å². The van der Waals surface area contributed by atoms with Crippen LogP contribution in [-0.2, 0) is 0 Å². The predicted molar refractivity (Wildman–Crippen MR) is 65.8 cm³/mol. The highest BCUT2D eigenvalue weighted by atomic mass is 16.5. The molecule has 17 heavy (non-hydrogen) atoms. The third-order valence-electron chi connectivity index (χ3n) is 2.54. The molecule has 94 valence electrons. The summed E-state index contributed by atoms with van der Waals surface area (Å²) in [5, 5.41) is 10.2. The lowest BCUT2D eigenvalue weighted by atomic mass is 10.2. The van der Waals surface area contributed by atoms with Gasteiger partial charge in [0.25, 0.3) is 0 Å². The number of likely N-dealkylation sites (N-methyl/N-ethyl adjacent to an activating group) is 1. The molecular formula is C12H19N3O2. The molecule has 0 saturated carbocycles. The average molecular weight is 237 g/mol. The number of hydrogen-bond donors (Lipinski definition) is 2. The fourth-order valence-electron chi connectivity index (χ4n) is 1.40. The van der Waals surface area contributed by atoms with Crippen LogP contribution in [0.5, 0.6) is 0 Å². The number of carbonyl (C=O) groups excluding carboxylic acids is 1. The van der Waals surface area contributed by atoms with Crippen LogP contribution in [0.4, 0.5) is 0 Å². The van der Waals surface area contributed by atoms with Crippen molar-refractivity contribution in [3.05, 3.63) is 35.9 Å². The van der Waals surface area contributed by atoms with Crippen molar-refractivity contribution in [3.63, 3.8) is 0 Å². The van der Waals surface area contributed by atoms with Crippen LogP contribution in [0.25, 0.3) is 0 Å². The molecule has 0 bridgehead atoms. The number of rotatable bonds is 1. The number of primary amides is 1. The van der Waals surface area contributed by atoms with Gasteiger partial charge in [0.05, 0.1) is 0 Å². The van der Waals surface area contributed by atoms with Crippen molar-refractivity contribution >= 4 is 5.91 Å². The van der Waals surface area contributed by atoms with Crippen molar-refractivity contribution in [1.29, 1.82) is 0 Å². The van der Waals surface area contributed by atoms with E-state index in [9.17, 15) is 4.79 Å². The van der Waals surface area contributed by atoms with Crippen LogP contribution in [0.1, 0.15) is 10.4 Å². The minimum absolute atomic E-state index is 0.379.